The van der Waals surface area contributed by atoms with E-state index in [2.05, 4.69) is 41.5 Å². The van der Waals surface area contributed by atoms with Crippen molar-refractivity contribution >= 4 is 11.9 Å². The predicted molar refractivity (Wildman–Crippen MR) is 160 cm³/mol. The highest BCUT2D eigenvalue weighted by Gasteiger charge is 2.35. The maximum Gasteiger partial charge on any atom is 0.330 e. The molecule has 3 rings (SSSR count). The lowest BCUT2D eigenvalue weighted by Gasteiger charge is -2.37. The fourth-order valence-corrected chi connectivity index (χ4v) is 6.50. The first-order chi connectivity index (χ1) is 18.0. The van der Waals surface area contributed by atoms with Gasteiger partial charge in [0.2, 0.25) is 0 Å². The summed E-state index contributed by atoms with van der Waals surface area (Å²) in [5.41, 5.74) is 1.000. The number of carbonyl (C=O) groups is 2. The fourth-order valence-electron chi connectivity index (χ4n) is 6.50. The fraction of sp³-hybridized carbons (Fsp3) is 0.882. The van der Waals surface area contributed by atoms with Crippen LogP contribution in [0.25, 0.3) is 0 Å². The van der Waals surface area contributed by atoms with E-state index in [0.29, 0.717) is 35.5 Å². The van der Waals surface area contributed by atoms with Gasteiger partial charge in [-0.05, 0) is 87.9 Å². The number of ether oxygens (including phenoxy) is 2. The molecule has 0 saturated heterocycles. The maximum absolute atomic E-state index is 12.3. The van der Waals surface area contributed by atoms with Crippen LogP contribution in [0.15, 0.2) is 11.6 Å². The van der Waals surface area contributed by atoms with Crippen LogP contribution in [0, 0.1) is 41.4 Å². The summed E-state index contributed by atoms with van der Waals surface area (Å²) < 4.78 is 11.6. The molecule has 3 aliphatic carbocycles. The van der Waals surface area contributed by atoms with Gasteiger partial charge >= 0.3 is 11.9 Å². The molecule has 0 aliphatic heterocycles. The van der Waals surface area contributed by atoms with E-state index < -0.39 is 0 Å². The lowest BCUT2D eigenvalue weighted by Crippen LogP contribution is -2.37. The molecule has 0 aromatic rings. The Labute approximate surface area is 236 Å². The average Bonchev–Trinajstić information content (AvgIpc) is 2.85. The van der Waals surface area contributed by atoms with Crippen molar-refractivity contribution in [2.75, 3.05) is 0 Å². The van der Waals surface area contributed by atoms with E-state index in [9.17, 15) is 9.59 Å². The highest BCUT2D eigenvalue weighted by molar-refractivity contribution is 5.82. The SMILES string of the molecule is CC.CC(C)=CC(=O)OC1CC(C)CCC1C(C)C.CC1CCC(C(C)C)C(OC(=O)C2CCCCC2)C1. The van der Waals surface area contributed by atoms with Crippen LogP contribution in [0.4, 0.5) is 0 Å². The Balaban J connectivity index is 0.000000359. The summed E-state index contributed by atoms with van der Waals surface area (Å²) >= 11 is 0. The second-order valence-electron chi connectivity index (χ2n) is 13.2. The predicted octanol–water partition coefficient (Wildman–Crippen LogP) is 9.55. The number of esters is 2. The van der Waals surface area contributed by atoms with Gasteiger partial charge in [0.1, 0.15) is 12.2 Å². The van der Waals surface area contributed by atoms with E-state index in [1.54, 1.807) is 6.08 Å². The van der Waals surface area contributed by atoms with E-state index in [0.717, 1.165) is 31.3 Å². The van der Waals surface area contributed by atoms with Crippen LogP contribution in [0.2, 0.25) is 0 Å². The third-order valence-electron chi connectivity index (χ3n) is 8.80. The molecule has 0 aromatic carbocycles. The lowest BCUT2D eigenvalue weighted by molar-refractivity contribution is -0.162. The van der Waals surface area contributed by atoms with Gasteiger partial charge in [-0.15, -0.1) is 0 Å². The second-order valence-corrected chi connectivity index (χ2v) is 13.2. The number of hydrogen-bond acceptors (Lipinski definition) is 4. The van der Waals surface area contributed by atoms with Crippen molar-refractivity contribution in [3.05, 3.63) is 11.6 Å². The largest absolute Gasteiger partial charge is 0.462 e. The lowest BCUT2D eigenvalue weighted by atomic mass is 9.75. The van der Waals surface area contributed by atoms with Crippen molar-refractivity contribution in [2.24, 2.45) is 41.4 Å². The molecule has 6 atom stereocenters. The van der Waals surface area contributed by atoms with Gasteiger partial charge in [-0.25, -0.2) is 4.79 Å². The standard InChI is InChI=1S/C17H30O2.C15H26O2.C2H6/c1-12(2)15-10-9-13(3)11-16(15)19-17(18)14-7-5-4-6-8-14;1-10(2)8-15(16)17-14-9-12(5)6-7-13(14)11(3)4;1-2/h12-16H,4-11H2,1-3H3;8,11-14H,6-7,9H2,1-5H3;1-2H3. The first-order valence-electron chi connectivity index (χ1n) is 16.0. The van der Waals surface area contributed by atoms with Gasteiger partial charge in [0.05, 0.1) is 5.92 Å². The third-order valence-corrected chi connectivity index (χ3v) is 8.80. The Morgan fingerprint density at radius 1 is 0.684 bits per heavy atom. The van der Waals surface area contributed by atoms with Crippen LogP contribution in [0.3, 0.4) is 0 Å². The van der Waals surface area contributed by atoms with E-state index in [4.69, 9.17) is 9.47 Å². The molecule has 0 N–H and O–H groups in total. The summed E-state index contributed by atoms with van der Waals surface area (Å²) in [5.74, 6) is 3.82. The van der Waals surface area contributed by atoms with Crippen LogP contribution in [-0.4, -0.2) is 24.1 Å². The molecule has 4 nitrogen and oxygen atoms in total. The molecule has 3 fully saturated rings. The van der Waals surface area contributed by atoms with Crippen molar-refractivity contribution < 1.29 is 19.1 Å². The summed E-state index contributed by atoms with van der Waals surface area (Å²) in [6.07, 6.45) is 14.7. The second kappa shape index (κ2) is 18.1. The molecule has 4 heteroatoms. The molecule has 0 heterocycles. The monoisotopic (exact) mass is 534 g/mol. The van der Waals surface area contributed by atoms with Crippen molar-refractivity contribution in [2.45, 2.75) is 152 Å². The van der Waals surface area contributed by atoms with Gasteiger partial charge < -0.3 is 9.47 Å². The van der Waals surface area contributed by atoms with Gasteiger partial charge in [0.25, 0.3) is 0 Å². The zero-order valence-electron chi connectivity index (χ0n) is 26.7. The smallest absolute Gasteiger partial charge is 0.330 e. The summed E-state index contributed by atoms with van der Waals surface area (Å²) in [5, 5.41) is 0. The molecule has 0 aromatic heterocycles. The van der Waals surface area contributed by atoms with Crippen molar-refractivity contribution in [1.82, 2.24) is 0 Å². The van der Waals surface area contributed by atoms with E-state index in [1.807, 2.05) is 27.7 Å². The number of hydrogen-bond donors (Lipinski definition) is 0. The molecular weight excluding hydrogens is 472 g/mol. The van der Waals surface area contributed by atoms with Gasteiger partial charge in [-0.1, -0.05) is 93.1 Å². The molecule has 6 unspecified atom stereocenters. The van der Waals surface area contributed by atoms with Gasteiger partial charge in [0.15, 0.2) is 0 Å². The topological polar surface area (TPSA) is 52.6 Å². The molecule has 0 amide bonds. The van der Waals surface area contributed by atoms with E-state index in [1.165, 1.54) is 44.9 Å². The van der Waals surface area contributed by atoms with Crippen LogP contribution >= 0.6 is 0 Å². The molecule has 0 spiro atoms. The summed E-state index contributed by atoms with van der Waals surface area (Å²) in [4.78, 5) is 24.0. The van der Waals surface area contributed by atoms with Crippen molar-refractivity contribution in [3.8, 4) is 0 Å². The van der Waals surface area contributed by atoms with Gasteiger partial charge in [-0.3, -0.25) is 4.79 Å². The van der Waals surface area contributed by atoms with Crippen molar-refractivity contribution in [1.29, 1.82) is 0 Å². The zero-order chi connectivity index (χ0) is 28.8. The summed E-state index contributed by atoms with van der Waals surface area (Å²) in [6, 6.07) is 0. The van der Waals surface area contributed by atoms with Crippen LogP contribution in [0.5, 0.6) is 0 Å². The third kappa shape index (κ3) is 12.2. The molecule has 38 heavy (non-hydrogen) atoms. The average molecular weight is 535 g/mol. The highest BCUT2D eigenvalue weighted by atomic mass is 16.5. The minimum Gasteiger partial charge on any atom is -0.462 e. The first kappa shape index (κ1) is 34.7. The van der Waals surface area contributed by atoms with Crippen LogP contribution in [0.1, 0.15) is 140 Å². The van der Waals surface area contributed by atoms with Gasteiger partial charge in [0, 0.05) is 6.08 Å². The van der Waals surface area contributed by atoms with E-state index in [-0.39, 0.29) is 30.1 Å². The Hall–Kier alpha value is -1.32. The highest BCUT2D eigenvalue weighted by Crippen LogP contribution is 2.37. The summed E-state index contributed by atoms with van der Waals surface area (Å²) in [7, 11) is 0. The molecule has 3 aliphatic rings. The first-order valence-corrected chi connectivity index (χ1v) is 16.0. The maximum atomic E-state index is 12.3. The Bertz CT molecular complexity index is 699. The molecule has 0 bridgehead atoms. The molecular formula is C34H62O4. The molecule has 3 saturated carbocycles. The minimum absolute atomic E-state index is 0.101. The van der Waals surface area contributed by atoms with Gasteiger partial charge in [-0.2, -0.15) is 0 Å². The number of carbonyl (C=O) groups excluding carboxylic acids is 2. The van der Waals surface area contributed by atoms with E-state index >= 15 is 0 Å². The van der Waals surface area contributed by atoms with Crippen LogP contribution < -0.4 is 0 Å². The minimum atomic E-state index is -0.172. The Morgan fingerprint density at radius 2 is 1.13 bits per heavy atom. The number of allylic oxidation sites excluding steroid dienone is 1. The molecule has 222 valence electrons. The normalized spacial score (nSPS) is 29.8. The zero-order valence-corrected chi connectivity index (χ0v) is 26.7. The Morgan fingerprint density at radius 3 is 1.55 bits per heavy atom. The summed E-state index contributed by atoms with van der Waals surface area (Å²) in [6.45, 7) is 21.4. The van der Waals surface area contributed by atoms with Crippen LogP contribution in [-0.2, 0) is 19.1 Å². The quantitative estimate of drug-likeness (QED) is 0.251. The van der Waals surface area contributed by atoms with Crippen molar-refractivity contribution in [3.63, 3.8) is 0 Å². The Kier molecular flexibility index (Phi) is 16.5. The molecule has 0 radical (unpaired) electrons. The number of rotatable bonds is 6.